The number of aliphatic hydroxyl groups is 1. The van der Waals surface area contributed by atoms with Crippen LogP contribution in [0.25, 0.3) is 17.1 Å². The van der Waals surface area contributed by atoms with Crippen molar-refractivity contribution in [2.24, 2.45) is 0 Å². The van der Waals surface area contributed by atoms with Crippen molar-refractivity contribution in [1.82, 2.24) is 20.1 Å². The molecule has 134 valence electrons. The molecule has 1 aromatic heterocycles. The van der Waals surface area contributed by atoms with Gasteiger partial charge in [-0.1, -0.05) is 60.3 Å². The van der Waals surface area contributed by atoms with Crippen LogP contribution in [-0.4, -0.2) is 44.7 Å². The monoisotopic (exact) mass is 368 g/mol. The van der Waals surface area contributed by atoms with Crippen LogP contribution in [0, 0.1) is 0 Å². The molecule has 0 radical (unpaired) electrons. The normalized spacial score (nSPS) is 10.7. The first-order chi connectivity index (χ1) is 12.8. The maximum absolute atomic E-state index is 11.9. The maximum Gasteiger partial charge on any atom is 0.230 e. The molecule has 26 heavy (non-hydrogen) atoms. The van der Waals surface area contributed by atoms with Crippen LogP contribution in [0.15, 0.2) is 65.8 Å². The zero-order valence-electron chi connectivity index (χ0n) is 14.2. The number of nitrogens with zero attached hydrogens (tertiary/aromatic N) is 3. The van der Waals surface area contributed by atoms with Gasteiger partial charge in [-0.25, -0.2) is 0 Å². The number of carbonyl (C=O) groups is 1. The third-order valence-electron chi connectivity index (χ3n) is 3.67. The first-order valence-electron chi connectivity index (χ1n) is 8.36. The lowest BCUT2D eigenvalue weighted by Crippen LogP contribution is -2.26. The third-order valence-corrected chi connectivity index (χ3v) is 4.60. The van der Waals surface area contributed by atoms with E-state index in [-0.39, 0.29) is 18.3 Å². The Balaban J connectivity index is 1.84. The van der Waals surface area contributed by atoms with Crippen LogP contribution >= 0.6 is 11.8 Å². The summed E-state index contributed by atoms with van der Waals surface area (Å²) in [5.41, 5.74) is 1.91. The van der Waals surface area contributed by atoms with E-state index in [4.69, 9.17) is 5.11 Å². The summed E-state index contributed by atoms with van der Waals surface area (Å²) >= 11 is 1.34. The molecule has 0 atom stereocenters. The van der Waals surface area contributed by atoms with Gasteiger partial charge >= 0.3 is 0 Å². The molecule has 0 spiro atoms. The van der Waals surface area contributed by atoms with Crippen molar-refractivity contribution < 1.29 is 9.90 Å². The summed E-state index contributed by atoms with van der Waals surface area (Å²) in [4.78, 5) is 11.9. The summed E-state index contributed by atoms with van der Waals surface area (Å²) < 4.78 is 1.96. The number of nitrogens with one attached hydrogen (secondary N) is 1. The Labute approximate surface area is 156 Å². The van der Waals surface area contributed by atoms with E-state index in [0.29, 0.717) is 18.1 Å². The lowest BCUT2D eigenvalue weighted by atomic mass is 10.2. The highest BCUT2D eigenvalue weighted by atomic mass is 32.2. The molecule has 2 N–H and O–H groups in total. The Kier molecular flexibility index (Phi) is 6.40. The molecule has 0 saturated carbocycles. The number of aliphatic hydroxyl groups excluding tert-OH is 1. The highest BCUT2D eigenvalue weighted by Crippen LogP contribution is 2.27. The van der Waals surface area contributed by atoms with Gasteiger partial charge in [0, 0.05) is 24.4 Å². The summed E-state index contributed by atoms with van der Waals surface area (Å²) in [6.07, 6.45) is 0.550. The minimum atomic E-state index is -0.0904. The SMILES string of the molecule is O=C(CSc1nnc(-c2ccccc2)n1-c1ccccc1)NCCCO. The van der Waals surface area contributed by atoms with E-state index in [0.717, 1.165) is 17.1 Å². The molecule has 0 unspecified atom stereocenters. The van der Waals surface area contributed by atoms with Crippen LogP contribution in [0.2, 0.25) is 0 Å². The predicted molar refractivity (Wildman–Crippen MR) is 102 cm³/mol. The zero-order chi connectivity index (χ0) is 18.2. The first kappa shape index (κ1) is 18.2. The average Bonchev–Trinajstić information content (AvgIpc) is 3.12. The van der Waals surface area contributed by atoms with E-state index in [1.54, 1.807) is 0 Å². The highest BCUT2D eigenvalue weighted by Gasteiger charge is 2.16. The fourth-order valence-corrected chi connectivity index (χ4v) is 3.22. The molecule has 3 aromatic rings. The number of para-hydroxylation sites is 1. The van der Waals surface area contributed by atoms with Gasteiger partial charge in [-0.05, 0) is 18.6 Å². The fourth-order valence-electron chi connectivity index (χ4n) is 2.44. The predicted octanol–water partition coefficient (Wildman–Crippen LogP) is 2.53. The molecule has 1 heterocycles. The van der Waals surface area contributed by atoms with Gasteiger partial charge in [0.05, 0.1) is 5.75 Å². The molecule has 0 fully saturated rings. The maximum atomic E-state index is 11.9. The number of hydrogen-bond acceptors (Lipinski definition) is 5. The fraction of sp³-hybridized carbons (Fsp3) is 0.211. The van der Waals surface area contributed by atoms with Gasteiger partial charge in [0.25, 0.3) is 0 Å². The van der Waals surface area contributed by atoms with Crippen LogP contribution in [0.4, 0.5) is 0 Å². The van der Waals surface area contributed by atoms with E-state index in [1.165, 1.54) is 11.8 Å². The van der Waals surface area contributed by atoms with Gasteiger partial charge in [-0.2, -0.15) is 0 Å². The largest absolute Gasteiger partial charge is 0.396 e. The molecule has 6 nitrogen and oxygen atoms in total. The highest BCUT2D eigenvalue weighted by molar-refractivity contribution is 7.99. The van der Waals surface area contributed by atoms with E-state index in [2.05, 4.69) is 15.5 Å². The zero-order valence-corrected chi connectivity index (χ0v) is 15.0. The molecule has 0 aliphatic carbocycles. The molecular formula is C19H20N4O2S. The van der Waals surface area contributed by atoms with Gasteiger partial charge in [-0.3, -0.25) is 9.36 Å². The molecule has 0 saturated heterocycles. The minimum absolute atomic E-state index is 0.0657. The second-order valence-electron chi connectivity index (χ2n) is 5.56. The van der Waals surface area contributed by atoms with Crippen molar-refractivity contribution in [3.63, 3.8) is 0 Å². The molecule has 0 aliphatic heterocycles. The van der Waals surface area contributed by atoms with Crippen LogP contribution in [0.5, 0.6) is 0 Å². The first-order valence-corrected chi connectivity index (χ1v) is 9.35. The summed E-state index contributed by atoms with van der Waals surface area (Å²) in [5, 5.41) is 20.9. The summed E-state index contributed by atoms with van der Waals surface area (Å²) in [6, 6.07) is 19.7. The minimum Gasteiger partial charge on any atom is -0.396 e. The lowest BCUT2D eigenvalue weighted by molar-refractivity contribution is -0.118. The Hall–Kier alpha value is -2.64. The molecule has 0 bridgehead atoms. The summed E-state index contributed by atoms with van der Waals surface area (Å²) in [6.45, 7) is 0.534. The number of rotatable bonds is 8. The molecule has 0 aliphatic rings. The average molecular weight is 368 g/mol. The Morgan fingerprint density at radius 2 is 1.73 bits per heavy atom. The third kappa shape index (κ3) is 4.50. The van der Waals surface area contributed by atoms with E-state index >= 15 is 0 Å². The summed E-state index contributed by atoms with van der Waals surface area (Å²) in [5.74, 6) is 0.887. The molecule has 2 aromatic carbocycles. The Bertz CT molecular complexity index is 837. The molecule has 3 rings (SSSR count). The second-order valence-corrected chi connectivity index (χ2v) is 6.50. The van der Waals surface area contributed by atoms with Crippen LogP contribution in [-0.2, 0) is 4.79 Å². The van der Waals surface area contributed by atoms with Gasteiger partial charge < -0.3 is 10.4 Å². The lowest BCUT2D eigenvalue weighted by Gasteiger charge is -2.10. The molecule has 1 amide bonds. The van der Waals surface area contributed by atoms with E-state index in [9.17, 15) is 4.79 Å². The van der Waals surface area contributed by atoms with E-state index < -0.39 is 0 Å². The quantitative estimate of drug-likeness (QED) is 0.472. The van der Waals surface area contributed by atoms with Crippen molar-refractivity contribution in [2.45, 2.75) is 11.6 Å². The van der Waals surface area contributed by atoms with Crippen LogP contribution < -0.4 is 5.32 Å². The number of benzene rings is 2. The number of hydrogen-bond donors (Lipinski definition) is 2. The van der Waals surface area contributed by atoms with Crippen LogP contribution in [0.1, 0.15) is 6.42 Å². The van der Waals surface area contributed by atoms with Crippen molar-refractivity contribution in [3.8, 4) is 17.1 Å². The topological polar surface area (TPSA) is 80.0 Å². The number of aromatic nitrogens is 3. The number of amides is 1. The van der Waals surface area contributed by atoms with Crippen molar-refractivity contribution in [1.29, 1.82) is 0 Å². The smallest absolute Gasteiger partial charge is 0.230 e. The van der Waals surface area contributed by atoms with Gasteiger partial charge in [-0.15, -0.1) is 10.2 Å². The van der Waals surface area contributed by atoms with E-state index in [1.807, 2.05) is 65.2 Å². The Morgan fingerprint density at radius 3 is 2.42 bits per heavy atom. The number of carbonyl (C=O) groups excluding carboxylic acids is 1. The van der Waals surface area contributed by atoms with Crippen LogP contribution in [0.3, 0.4) is 0 Å². The van der Waals surface area contributed by atoms with Crippen molar-refractivity contribution >= 4 is 17.7 Å². The molecular weight excluding hydrogens is 348 g/mol. The van der Waals surface area contributed by atoms with Crippen molar-refractivity contribution in [3.05, 3.63) is 60.7 Å². The Morgan fingerprint density at radius 1 is 1.04 bits per heavy atom. The van der Waals surface area contributed by atoms with Gasteiger partial charge in [0.2, 0.25) is 5.91 Å². The molecule has 7 heteroatoms. The standard InChI is InChI=1S/C19H20N4O2S/c24-13-7-12-20-17(25)14-26-19-22-21-18(15-8-3-1-4-9-15)23(19)16-10-5-2-6-11-16/h1-6,8-11,24H,7,12-14H2,(H,20,25). The number of thioether (sulfide) groups is 1. The second kappa shape index (κ2) is 9.17. The van der Waals surface area contributed by atoms with Gasteiger partial charge in [0.1, 0.15) is 0 Å². The van der Waals surface area contributed by atoms with Crippen molar-refractivity contribution in [2.75, 3.05) is 18.9 Å². The summed E-state index contributed by atoms with van der Waals surface area (Å²) in [7, 11) is 0. The van der Waals surface area contributed by atoms with Gasteiger partial charge in [0.15, 0.2) is 11.0 Å².